The number of benzene rings is 1. The molecule has 16 heavy (non-hydrogen) atoms. The molecule has 0 aliphatic carbocycles. The van der Waals surface area contributed by atoms with E-state index in [9.17, 15) is 0 Å². The lowest BCUT2D eigenvalue weighted by Crippen LogP contribution is -2.53. The minimum Gasteiger partial charge on any atom is -0.373 e. The van der Waals surface area contributed by atoms with E-state index in [2.05, 4.69) is 59.5 Å². The third-order valence-electron chi connectivity index (χ3n) is 3.15. The third kappa shape index (κ3) is 2.97. The van der Waals surface area contributed by atoms with Crippen LogP contribution in [0.1, 0.15) is 0 Å². The molecule has 3 heteroatoms. The first-order valence-corrected chi connectivity index (χ1v) is 5.94. The molecule has 1 aromatic carbocycles. The van der Waals surface area contributed by atoms with Gasteiger partial charge in [-0.15, -0.1) is 0 Å². The molecule has 2 rings (SSSR count). The van der Waals surface area contributed by atoms with Crippen LogP contribution in [0.2, 0.25) is 0 Å². The molecule has 0 spiro atoms. The van der Waals surface area contributed by atoms with Gasteiger partial charge in [-0.3, -0.25) is 0 Å². The fourth-order valence-corrected chi connectivity index (χ4v) is 2.23. The van der Waals surface area contributed by atoms with Crippen LogP contribution in [-0.2, 0) is 0 Å². The average molecular weight is 219 g/mol. The van der Waals surface area contributed by atoms with E-state index in [1.54, 1.807) is 0 Å². The highest BCUT2D eigenvalue weighted by Gasteiger charge is 2.17. The van der Waals surface area contributed by atoms with Crippen molar-refractivity contribution in [3.8, 4) is 0 Å². The number of hydrogen-bond donors (Lipinski definition) is 1. The monoisotopic (exact) mass is 219 g/mol. The molecule has 0 bridgehead atoms. The Morgan fingerprint density at radius 1 is 1.38 bits per heavy atom. The molecule has 1 atom stereocenters. The van der Waals surface area contributed by atoms with Crippen molar-refractivity contribution in [1.82, 2.24) is 10.2 Å². The Morgan fingerprint density at radius 3 is 2.81 bits per heavy atom. The van der Waals surface area contributed by atoms with E-state index in [0.29, 0.717) is 6.04 Å². The SMILES string of the molecule is CN1CCNC(CN(C)c2ccccc2)C1. The minimum atomic E-state index is 0.573. The minimum absolute atomic E-state index is 0.573. The van der Waals surface area contributed by atoms with Crippen LogP contribution in [0, 0.1) is 0 Å². The van der Waals surface area contributed by atoms with Gasteiger partial charge in [0.25, 0.3) is 0 Å². The highest BCUT2D eigenvalue weighted by atomic mass is 15.2. The number of para-hydroxylation sites is 1. The van der Waals surface area contributed by atoms with Crippen LogP contribution < -0.4 is 10.2 Å². The fraction of sp³-hybridized carbons (Fsp3) is 0.538. The molecule has 0 radical (unpaired) electrons. The topological polar surface area (TPSA) is 18.5 Å². The van der Waals surface area contributed by atoms with Crippen LogP contribution in [0.15, 0.2) is 30.3 Å². The molecule has 0 amide bonds. The van der Waals surface area contributed by atoms with Gasteiger partial charge in [-0.2, -0.15) is 0 Å². The largest absolute Gasteiger partial charge is 0.373 e. The predicted octanol–water partition coefficient (Wildman–Crippen LogP) is 1.03. The molecule has 0 saturated carbocycles. The van der Waals surface area contributed by atoms with Crippen molar-refractivity contribution in [2.45, 2.75) is 6.04 Å². The Labute approximate surface area is 98.0 Å². The molecule has 0 aromatic heterocycles. The number of nitrogens with zero attached hydrogens (tertiary/aromatic N) is 2. The summed E-state index contributed by atoms with van der Waals surface area (Å²) in [6, 6.07) is 11.1. The van der Waals surface area contributed by atoms with Crippen LogP contribution in [-0.4, -0.2) is 51.2 Å². The number of anilines is 1. The molecule has 1 fully saturated rings. The van der Waals surface area contributed by atoms with Crippen LogP contribution in [0.5, 0.6) is 0 Å². The van der Waals surface area contributed by atoms with E-state index in [0.717, 1.165) is 26.2 Å². The quantitative estimate of drug-likeness (QED) is 0.819. The summed E-state index contributed by atoms with van der Waals surface area (Å²) in [4.78, 5) is 4.71. The van der Waals surface area contributed by atoms with Gasteiger partial charge in [0.2, 0.25) is 0 Å². The maximum Gasteiger partial charge on any atom is 0.0371 e. The van der Waals surface area contributed by atoms with Crippen molar-refractivity contribution in [1.29, 1.82) is 0 Å². The van der Waals surface area contributed by atoms with Gasteiger partial charge in [0.05, 0.1) is 0 Å². The summed E-state index contributed by atoms with van der Waals surface area (Å²) < 4.78 is 0. The molecule has 88 valence electrons. The fourth-order valence-electron chi connectivity index (χ4n) is 2.23. The van der Waals surface area contributed by atoms with Gasteiger partial charge < -0.3 is 15.1 Å². The van der Waals surface area contributed by atoms with E-state index in [-0.39, 0.29) is 0 Å². The van der Waals surface area contributed by atoms with Crippen LogP contribution in [0.4, 0.5) is 5.69 Å². The van der Waals surface area contributed by atoms with E-state index in [1.165, 1.54) is 5.69 Å². The summed E-state index contributed by atoms with van der Waals surface area (Å²) in [5.41, 5.74) is 1.29. The summed E-state index contributed by atoms with van der Waals surface area (Å²) in [6.45, 7) is 4.46. The van der Waals surface area contributed by atoms with Crippen LogP contribution >= 0.6 is 0 Å². The summed E-state index contributed by atoms with van der Waals surface area (Å²) >= 11 is 0. The summed E-state index contributed by atoms with van der Waals surface area (Å²) in [7, 11) is 4.35. The van der Waals surface area contributed by atoms with Gasteiger partial charge in [-0.1, -0.05) is 18.2 Å². The van der Waals surface area contributed by atoms with E-state index in [1.807, 2.05) is 0 Å². The van der Waals surface area contributed by atoms with Crippen molar-refractivity contribution >= 4 is 5.69 Å². The number of likely N-dealkylation sites (N-methyl/N-ethyl adjacent to an activating group) is 2. The lowest BCUT2D eigenvalue weighted by molar-refractivity contribution is 0.241. The van der Waals surface area contributed by atoms with Gasteiger partial charge in [0.1, 0.15) is 0 Å². The normalized spacial score (nSPS) is 22.0. The maximum absolute atomic E-state index is 3.57. The van der Waals surface area contributed by atoms with Crippen molar-refractivity contribution < 1.29 is 0 Å². The first-order chi connectivity index (χ1) is 7.75. The summed E-state index contributed by atoms with van der Waals surface area (Å²) in [5.74, 6) is 0. The molecule has 3 nitrogen and oxygen atoms in total. The predicted molar refractivity (Wildman–Crippen MR) is 69.0 cm³/mol. The van der Waals surface area contributed by atoms with Gasteiger partial charge >= 0.3 is 0 Å². The van der Waals surface area contributed by atoms with Crippen molar-refractivity contribution in [2.75, 3.05) is 45.2 Å². The van der Waals surface area contributed by atoms with Gasteiger partial charge in [-0.25, -0.2) is 0 Å². The number of nitrogens with one attached hydrogen (secondary N) is 1. The molecule has 1 aliphatic heterocycles. The van der Waals surface area contributed by atoms with E-state index in [4.69, 9.17) is 0 Å². The zero-order valence-electron chi connectivity index (χ0n) is 10.2. The van der Waals surface area contributed by atoms with Gasteiger partial charge in [0.15, 0.2) is 0 Å². The maximum atomic E-state index is 3.57. The highest BCUT2D eigenvalue weighted by Crippen LogP contribution is 2.11. The second-order valence-corrected chi connectivity index (χ2v) is 4.63. The van der Waals surface area contributed by atoms with E-state index < -0.39 is 0 Å². The molecule has 1 heterocycles. The molecule has 1 aliphatic rings. The Bertz CT molecular complexity index is 312. The Morgan fingerprint density at radius 2 is 2.12 bits per heavy atom. The zero-order valence-corrected chi connectivity index (χ0v) is 10.2. The standard InChI is InChI=1S/C13H21N3/c1-15-9-8-14-12(10-15)11-16(2)13-6-4-3-5-7-13/h3-7,12,14H,8-11H2,1-2H3. The lowest BCUT2D eigenvalue weighted by Gasteiger charge is -2.34. The van der Waals surface area contributed by atoms with Crippen molar-refractivity contribution in [3.05, 3.63) is 30.3 Å². The smallest absolute Gasteiger partial charge is 0.0371 e. The molecule has 1 N–H and O–H groups in total. The van der Waals surface area contributed by atoms with Gasteiger partial charge in [0, 0.05) is 45.0 Å². The highest BCUT2D eigenvalue weighted by molar-refractivity contribution is 5.45. The molecule has 1 aromatic rings. The summed E-state index contributed by atoms with van der Waals surface area (Å²) in [6.07, 6.45) is 0. The van der Waals surface area contributed by atoms with E-state index >= 15 is 0 Å². The third-order valence-corrected chi connectivity index (χ3v) is 3.15. The number of hydrogen-bond acceptors (Lipinski definition) is 3. The number of rotatable bonds is 3. The number of piperazine rings is 1. The zero-order chi connectivity index (χ0) is 11.4. The first kappa shape index (κ1) is 11.4. The van der Waals surface area contributed by atoms with Gasteiger partial charge in [-0.05, 0) is 19.2 Å². The molecule has 1 saturated heterocycles. The Hall–Kier alpha value is -1.06. The first-order valence-electron chi connectivity index (χ1n) is 5.94. The average Bonchev–Trinajstić information content (AvgIpc) is 2.30. The second kappa shape index (κ2) is 5.32. The van der Waals surface area contributed by atoms with Crippen LogP contribution in [0.3, 0.4) is 0 Å². The summed E-state index contributed by atoms with van der Waals surface area (Å²) in [5, 5.41) is 3.57. The Kier molecular flexibility index (Phi) is 3.80. The molecular weight excluding hydrogens is 198 g/mol. The van der Waals surface area contributed by atoms with Crippen molar-refractivity contribution in [2.24, 2.45) is 0 Å². The molecule has 1 unspecified atom stereocenters. The molecular formula is C13H21N3. The second-order valence-electron chi connectivity index (χ2n) is 4.63. The Balaban J connectivity index is 1.89. The van der Waals surface area contributed by atoms with Crippen LogP contribution in [0.25, 0.3) is 0 Å². The lowest BCUT2D eigenvalue weighted by atomic mass is 10.2. The van der Waals surface area contributed by atoms with Crippen molar-refractivity contribution in [3.63, 3.8) is 0 Å².